The zero-order valence-corrected chi connectivity index (χ0v) is 11.9. The minimum absolute atomic E-state index is 0. The van der Waals surface area contributed by atoms with Crippen LogP contribution in [-0.4, -0.2) is 31.1 Å². The Morgan fingerprint density at radius 3 is 2.42 bits per heavy atom. The highest BCUT2D eigenvalue weighted by molar-refractivity contribution is 6.31. The SMILES string of the molecule is C=C[C@@H](c1c(F)ccc(F)c1Cl)N1CCNCC1.Cl. The Hall–Kier alpha value is -0.680. The van der Waals surface area contributed by atoms with Crippen LogP contribution in [0, 0.1) is 11.6 Å². The number of rotatable bonds is 3. The average molecular weight is 309 g/mol. The van der Waals surface area contributed by atoms with Crippen molar-refractivity contribution in [2.75, 3.05) is 26.2 Å². The number of nitrogens with one attached hydrogen (secondary N) is 1. The molecule has 0 aromatic heterocycles. The molecule has 1 heterocycles. The highest BCUT2D eigenvalue weighted by Crippen LogP contribution is 2.32. The molecule has 1 atom stereocenters. The molecule has 0 radical (unpaired) electrons. The third kappa shape index (κ3) is 3.45. The van der Waals surface area contributed by atoms with Crippen LogP contribution in [0.15, 0.2) is 24.8 Å². The fraction of sp³-hybridized carbons (Fsp3) is 0.385. The van der Waals surface area contributed by atoms with Gasteiger partial charge in [-0.15, -0.1) is 19.0 Å². The van der Waals surface area contributed by atoms with Gasteiger partial charge in [0.05, 0.1) is 11.1 Å². The molecule has 1 fully saturated rings. The highest BCUT2D eigenvalue weighted by Gasteiger charge is 2.25. The molecule has 2 nitrogen and oxygen atoms in total. The van der Waals surface area contributed by atoms with Crippen LogP contribution in [0.4, 0.5) is 8.78 Å². The van der Waals surface area contributed by atoms with Crippen molar-refractivity contribution in [1.29, 1.82) is 0 Å². The number of nitrogens with zero attached hydrogens (tertiary/aromatic N) is 1. The summed E-state index contributed by atoms with van der Waals surface area (Å²) in [7, 11) is 0. The molecule has 1 aromatic rings. The standard InChI is InChI=1S/C13H15ClF2N2.ClH/c1-2-11(18-7-5-17-6-8-18)12-9(15)3-4-10(16)13(12)14;/h2-4,11,17H,1,5-8H2;1H/t11-;/m0./s1. The minimum atomic E-state index is -0.602. The van der Waals surface area contributed by atoms with E-state index >= 15 is 0 Å². The van der Waals surface area contributed by atoms with Crippen LogP contribution >= 0.6 is 24.0 Å². The fourth-order valence-corrected chi connectivity index (χ4v) is 2.49. The van der Waals surface area contributed by atoms with E-state index in [4.69, 9.17) is 11.6 Å². The maximum absolute atomic E-state index is 13.9. The molecule has 19 heavy (non-hydrogen) atoms. The van der Waals surface area contributed by atoms with Gasteiger partial charge in [-0.05, 0) is 12.1 Å². The van der Waals surface area contributed by atoms with Crippen molar-refractivity contribution in [2.45, 2.75) is 6.04 Å². The van der Waals surface area contributed by atoms with Crippen molar-refractivity contribution in [2.24, 2.45) is 0 Å². The molecule has 0 saturated carbocycles. The smallest absolute Gasteiger partial charge is 0.142 e. The van der Waals surface area contributed by atoms with Gasteiger partial charge in [0, 0.05) is 31.7 Å². The molecule has 1 N–H and O–H groups in total. The molecule has 1 saturated heterocycles. The van der Waals surface area contributed by atoms with Gasteiger partial charge in [-0.25, -0.2) is 8.78 Å². The number of piperazine rings is 1. The summed E-state index contributed by atoms with van der Waals surface area (Å²) in [5, 5.41) is 3.05. The molecule has 6 heteroatoms. The van der Waals surface area contributed by atoms with E-state index in [1.54, 1.807) is 6.08 Å². The maximum atomic E-state index is 13.9. The van der Waals surface area contributed by atoms with Crippen LogP contribution in [0.3, 0.4) is 0 Å². The number of hydrogen-bond donors (Lipinski definition) is 1. The third-order valence-electron chi connectivity index (χ3n) is 3.14. The normalized spacial score (nSPS) is 17.6. The summed E-state index contributed by atoms with van der Waals surface area (Å²) in [6.45, 7) is 6.86. The zero-order chi connectivity index (χ0) is 13.1. The lowest BCUT2D eigenvalue weighted by Crippen LogP contribution is -2.44. The average Bonchev–Trinajstić information content (AvgIpc) is 2.40. The van der Waals surface area contributed by atoms with E-state index in [9.17, 15) is 8.78 Å². The van der Waals surface area contributed by atoms with E-state index in [1.165, 1.54) is 0 Å². The van der Waals surface area contributed by atoms with E-state index in [0.29, 0.717) is 0 Å². The van der Waals surface area contributed by atoms with Gasteiger partial charge in [0.15, 0.2) is 0 Å². The molecule has 0 spiro atoms. The van der Waals surface area contributed by atoms with E-state index in [2.05, 4.69) is 11.9 Å². The van der Waals surface area contributed by atoms with Gasteiger partial charge >= 0.3 is 0 Å². The lowest BCUT2D eigenvalue weighted by Gasteiger charge is -2.34. The first kappa shape index (κ1) is 16.4. The van der Waals surface area contributed by atoms with Gasteiger partial charge in [-0.1, -0.05) is 17.7 Å². The molecule has 2 rings (SSSR count). The Morgan fingerprint density at radius 1 is 1.26 bits per heavy atom. The maximum Gasteiger partial charge on any atom is 0.142 e. The Labute approximate surface area is 122 Å². The van der Waals surface area contributed by atoms with Crippen LogP contribution in [-0.2, 0) is 0 Å². The lowest BCUT2D eigenvalue weighted by molar-refractivity contribution is 0.200. The predicted molar refractivity (Wildman–Crippen MR) is 76.0 cm³/mol. The number of halogens is 4. The largest absolute Gasteiger partial charge is 0.314 e. The summed E-state index contributed by atoms with van der Waals surface area (Å²) in [6.07, 6.45) is 1.61. The van der Waals surface area contributed by atoms with Crippen LogP contribution in [0.1, 0.15) is 11.6 Å². The fourth-order valence-electron chi connectivity index (χ4n) is 2.22. The van der Waals surface area contributed by atoms with Gasteiger partial charge in [0.25, 0.3) is 0 Å². The molecule has 1 aromatic carbocycles. The summed E-state index contributed by atoms with van der Waals surface area (Å²) >= 11 is 5.89. The van der Waals surface area contributed by atoms with Crippen LogP contribution in [0.25, 0.3) is 0 Å². The molecular formula is C13H16Cl2F2N2. The molecule has 0 aliphatic carbocycles. The molecular weight excluding hydrogens is 293 g/mol. The summed E-state index contributed by atoms with van der Waals surface area (Å²) in [6, 6.07) is 1.75. The van der Waals surface area contributed by atoms with Crippen molar-refractivity contribution >= 4 is 24.0 Å². The topological polar surface area (TPSA) is 15.3 Å². The van der Waals surface area contributed by atoms with Crippen molar-refractivity contribution in [3.8, 4) is 0 Å². The Kier molecular flexibility index (Phi) is 6.20. The molecule has 1 aliphatic rings. The first-order chi connectivity index (χ1) is 8.65. The quantitative estimate of drug-likeness (QED) is 0.681. The molecule has 0 bridgehead atoms. The number of benzene rings is 1. The predicted octanol–water partition coefficient (Wildman–Crippen LogP) is 3.17. The summed E-state index contributed by atoms with van der Waals surface area (Å²) in [5.41, 5.74) is 0.175. The van der Waals surface area contributed by atoms with Crippen LogP contribution < -0.4 is 5.32 Å². The van der Waals surface area contributed by atoms with Gasteiger partial charge in [-0.2, -0.15) is 0 Å². The van der Waals surface area contributed by atoms with Crippen molar-refractivity contribution in [1.82, 2.24) is 10.2 Å². The van der Waals surface area contributed by atoms with Crippen LogP contribution in [0.2, 0.25) is 5.02 Å². The van der Waals surface area contributed by atoms with E-state index in [-0.39, 0.29) is 23.0 Å². The summed E-state index contributed by atoms with van der Waals surface area (Å²) in [4.78, 5) is 2.03. The highest BCUT2D eigenvalue weighted by atomic mass is 35.5. The second kappa shape index (κ2) is 7.20. The van der Waals surface area contributed by atoms with Gasteiger partial charge in [-0.3, -0.25) is 4.90 Å². The first-order valence-corrected chi connectivity index (χ1v) is 6.23. The van der Waals surface area contributed by atoms with E-state index in [0.717, 1.165) is 38.3 Å². The second-order valence-corrected chi connectivity index (χ2v) is 4.60. The number of hydrogen-bond acceptors (Lipinski definition) is 2. The summed E-state index contributed by atoms with van der Waals surface area (Å²) in [5.74, 6) is -1.10. The Bertz CT molecular complexity index is 449. The Morgan fingerprint density at radius 2 is 1.84 bits per heavy atom. The van der Waals surface area contributed by atoms with Gasteiger partial charge < -0.3 is 5.32 Å². The molecule has 0 amide bonds. The van der Waals surface area contributed by atoms with Crippen molar-refractivity contribution in [3.63, 3.8) is 0 Å². The van der Waals surface area contributed by atoms with Crippen molar-refractivity contribution < 1.29 is 8.78 Å². The van der Waals surface area contributed by atoms with Gasteiger partial charge in [0.1, 0.15) is 11.6 Å². The zero-order valence-electron chi connectivity index (χ0n) is 10.3. The monoisotopic (exact) mass is 308 g/mol. The third-order valence-corrected chi connectivity index (χ3v) is 3.53. The molecule has 106 valence electrons. The molecule has 1 aliphatic heterocycles. The van der Waals surface area contributed by atoms with E-state index < -0.39 is 17.7 Å². The van der Waals surface area contributed by atoms with Crippen LogP contribution in [0.5, 0.6) is 0 Å². The first-order valence-electron chi connectivity index (χ1n) is 5.86. The lowest BCUT2D eigenvalue weighted by atomic mass is 10.0. The Balaban J connectivity index is 0.00000180. The summed E-state index contributed by atoms with van der Waals surface area (Å²) < 4.78 is 27.3. The van der Waals surface area contributed by atoms with Crippen molar-refractivity contribution in [3.05, 3.63) is 47.0 Å². The molecule has 0 unspecified atom stereocenters. The second-order valence-electron chi connectivity index (χ2n) is 4.22. The van der Waals surface area contributed by atoms with Gasteiger partial charge in [0.2, 0.25) is 0 Å². The minimum Gasteiger partial charge on any atom is -0.314 e. The van der Waals surface area contributed by atoms with E-state index in [1.807, 2.05) is 4.90 Å².